The van der Waals surface area contributed by atoms with Crippen molar-refractivity contribution in [3.63, 3.8) is 0 Å². The smallest absolute Gasteiger partial charge is 0.790 e. The maximum atomic E-state index is 10.9. The molecule has 0 spiro atoms. The van der Waals surface area contributed by atoms with Gasteiger partial charge in [-0.2, -0.15) is 0 Å². The van der Waals surface area contributed by atoms with Crippen LogP contribution in [0, 0.1) is 0 Å². The largest absolute Gasteiger partial charge is 2.00 e. The molecule has 0 rings (SSSR count). The molecule has 0 fully saturated rings. The Morgan fingerprint density at radius 1 is 0.535 bits per heavy atom. The monoisotopic (exact) mass is 794 g/mol. The number of phosphoric ester groups is 2. The van der Waals surface area contributed by atoms with E-state index in [0.717, 1.165) is 0 Å². The number of carbonyl (C=O) groups is 2. The minimum atomic E-state index is -5.98. The SMILES string of the molecule is O=CC(OP(=O)([O-])OP(=O)([O-])[O-])C(O)C(O)C(O)CO.O=CC(OP(=O)([O-])OP(=O)([O-])[O-])C(O)C(O)C(O)CO.[Ca+2].[Ca+2].[Ca+2]. The van der Waals surface area contributed by atoms with Gasteiger partial charge in [0.2, 0.25) is 0 Å². The number of rotatable bonds is 18. The van der Waals surface area contributed by atoms with E-state index in [2.05, 4.69) is 17.7 Å². The molecule has 0 aromatic rings. The zero-order valence-corrected chi connectivity index (χ0v) is 31.4. The molecule has 0 radical (unpaired) electrons. The molecule has 0 aliphatic heterocycles. The van der Waals surface area contributed by atoms with E-state index in [1.807, 2.05) is 0 Å². The zero-order valence-electron chi connectivity index (χ0n) is 21.2. The summed E-state index contributed by atoms with van der Waals surface area (Å²) in [4.78, 5) is 83.3. The van der Waals surface area contributed by atoms with Crippen molar-refractivity contribution in [2.75, 3.05) is 13.2 Å². The molecule has 31 heteroatoms. The normalized spacial score (nSPS) is 20.0. The summed E-state index contributed by atoms with van der Waals surface area (Å²) in [7, 11) is -23.6. The molecule has 0 saturated heterocycles. The summed E-state index contributed by atoms with van der Waals surface area (Å²) in [6.07, 6.45) is -18.4. The molecule has 0 aromatic carbocycles. The molecule has 10 unspecified atom stereocenters. The second kappa shape index (κ2) is 25.3. The molecule has 8 N–H and O–H groups in total. The van der Waals surface area contributed by atoms with E-state index < -0.39 is 93.3 Å². The molecule has 240 valence electrons. The minimum absolute atomic E-state index is 0. The van der Waals surface area contributed by atoms with Crippen molar-refractivity contribution in [3.05, 3.63) is 0 Å². The molecule has 0 saturated carbocycles. The first-order chi connectivity index (χ1) is 17.9. The van der Waals surface area contributed by atoms with Gasteiger partial charge in [-0.3, -0.25) is 17.8 Å². The molecular formula is C12H22Ca3O24P4. The van der Waals surface area contributed by atoms with Crippen LogP contribution in [0.15, 0.2) is 0 Å². The third-order valence-electron chi connectivity index (χ3n) is 3.71. The molecule has 0 heterocycles. The number of aliphatic hydroxyl groups excluding tert-OH is 8. The molecule has 0 amide bonds. The second-order valence-electron chi connectivity index (χ2n) is 6.83. The number of aliphatic hydroxyl groups is 8. The van der Waals surface area contributed by atoms with Crippen LogP contribution in [0.1, 0.15) is 0 Å². The number of carbonyl (C=O) groups excluding carboxylic acids is 2. The van der Waals surface area contributed by atoms with E-state index in [1.165, 1.54) is 0 Å². The Kier molecular flexibility index (Phi) is 32.8. The Bertz CT molecular complexity index is 901. The van der Waals surface area contributed by atoms with Crippen LogP contribution < -0.4 is 29.4 Å². The Labute approximate surface area is 330 Å². The Hall–Kier alpha value is 3.32. The molecule has 0 aromatic heterocycles. The summed E-state index contributed by atoms with van der Waals surface area (Å²) >= 11 is 0. The van der Waals surface area contributed by atoms with Crippen LogP contribution in [-0.4, -0.2) is 229 Å². The minimum Gasteiger partial charge on any atom is -0.790 e. The standard InChI is InChI=1S/2C6H14O12P2.3Ca/c2*7-1-3(9)5(10)6(11)4(2-8)17-20(15,16)18-19(12,13)14;;;/h2*2-7,9-11H,1H2,(H,15,16)(H2,12,13,14);;;/q;;3*+2/p-6. The van der Waals surface area contributed by atoms with Crippen molar-refractivity contribution < 1.29 is 116 Å². The predicted molar refractivity (Wildman–Crippen MR) is 122 cm³/mol. The Morgan fingerprint density at radius 3 is 0.930 bits per heavy atom. The first-order valence-electron chi connectivity index (χ1n) is 9.53. The molecular weight excluding hydrogens is 772 g/mol. The maximum absolute atomic E-state index is 10.9. The van der Waals surface area contributed by atoms with Crippen LogP contribution in [0.25, 0.3) is 0 Å². The van der Waals surface area contributed by atoms with Crippen molar-refractivity contribution in [2.45, 2.75) is 48.8 Å². The molecule has 0 aliphatic carbocycles. The van der Waals surface area contributed by atoms with Gasteiger partial charge >= 0.3 is 113 Å². The fraction of sp³-hybridized carbons (Fsp3) is 0.833. The summed E-state index contributed by atoms with van der Waals surface area (Å²) in [6, 6.07) is 0. The van der Waals surface area contributed by atoms with Gasteiger partial charge in [0.15, 0.2) is 12.6 Å². The average Bonchev–Trinajstić information content (AvgIpc) is 2.80. The number of hydrogen-bond donors (Lipinski definition) is 8. The van der Waals surface area contributed by atoms with Crippen LogP contribution >= 0.6 is 31.3 Å². The van der Waals surface area contributed by atoms with Crippen LogP contribution in [0.2, 0.25) is 0 Å². The summed E-state index contributed by atoms with van der Waals surface area (Å²) < 4.78 is 55.7. The average molecular weight is 794 g/mol. The molecule has 0 aliphatic rings. The van der Waals surface area contributed by atoms with Crippen LogP contribution in [-0.2, 0) is 45.5 Å². The van der Waals surface area contributed by atoms with E-state index in [4.69, 9.17) is 20.4 Å². The van der Waals surface area contributed by atoms with E-state index in [-0.39, 0.29) is 126 Å². The zero-order chi connectivity index (χ0) is 32.3. The van der Waals surface area contributed by atoms with Crippen LogP contribution in [0.4, 0.5) is 0 Å². The summed E-state index contributed by atoms with van der Waals surface area (Å²) in [5.41, 5.74) is 0. The van der Waals surface area contributed by atoms with Gasteiger partial charge in [0, 0.05) is 0 Å². The first-order valence-corrected chi connectivity index (χ1v) is 15.4. The number of aldehydes is 2. The van der Waals surface area contributed by atoms with Gasteiger partial charge in [0.1, 0.15) is 48.8 Å². The van der Waals surface area contributed by atoms with E-state index in [1.54, 1.807) is 0 Å². The molecule has 24 nitrogen and oxygen atoms in total. The van der Waals surface area contributed by atoms with Crippen molar-refractivity contribution in [1.29, 1.82) is 0 Å². The third kappa shape index (κ3) is 25.9. The topological polar surface area (TPSA) is 440 Å². The maximum Gasteiger partial charge on any atom is 2.00 e. The van der Waals surface area contributed by atoms with Crippen molar-refractivity contribution in [3.8, 4) is 0 Å². The van der Waals surface area contributed by atoms with Crippen LogP contribution in [0.3, 0.4) is 0 Å². The Morgan fingerprint density at radius 2 is 0.767 bits per heavy atom. The van der Waals surface area contributed by atoms with Gasteiger partial charge in [-0.15, -0.1) is 0 Å². The Balaban J connectivity index is -0.000000209. The van der Waals surface area contributed by atoms with Gasteiger partial charge < -0.3 is 98.0 Å². The van der Waals surface area contributed by atoms with Gasteiger partial charge in [0.05, 0.1) is 28.9 Å². The molecule has 0 bridgehead atoms. The van der Waals surface area contributed by atoms with Crippen molar-refractivity contribution >= 4 is 157 Å². The number of phosphoric acid groups is 4. The first kappa shape index (κ1) is 55.7. The van der Waals surface area contributed by atoms with Gasteiger partial charge in [0.25, 0.3) is 15.6 Å². The van der Waals surface area contributed by atoms with E-state index in [9.17, 15) is 77.6 Å². The van der Waals surface area contributed by atoms with Crippen molar-refractivity contribution in [1.82, 2.24) is 0 Å². The quantitative estimate of drug-likeness (QED) is 0.0363. The fourth-order valence-corrected chi connectivity index (χ4v) is 5.19. The summed E-state index contributed by atoms with van der Waals surface area (Å²) in [5, 5.41) is 72.0. The fourth-order valence-electron chi connectivity index (χ4n) is 1.98. The van der Waals surface area contributed by atoms with Gasteiger partial charge in [-0.25, -0.2) is 0 Å². The van der Waals surface area contributed by atoms with Gasteiger partial charge in [-0.05, 0) is 0 Å². The summed E-state index contributed by atoms with van der Waals surface area (Å²) in [6.45, 7) is -2.07. The van der Waals surface area contributed by atoms with E-state index >= 15 is 0 Å². The van der Waals surface area contributed by atoms with Gasteiger partial charge in [-0.1, -0.05) is 0 Å². The van der Waals surface area contributed by atoms with Crippen LogP contribution in [0.5, 0.6) is 0 Å². The third-order valence-corrected chi connectivity index (χ3v) is 7.91. The second-order valence-corrected chi connectivity index (χ2v) is 12.1. The van der Waals surface area contributed by atoms with E-state index in [0.29, 0.717) is 0 Å². The molecule has 43 heavy (non-hydrogen) atoms. The summed E-state index contributed by atoms with van der Waals surface area (Å²) in [5.74, 6) is 0. The molecule has 10 atom stereocenters. The predicted octanol–water partition coefficient (Wildman–Crippen LogP) is -11.2. The van der Waals surface area contributed by atoms with Crippen molar-refractivity contribution in [2.24, 2.45) is 0 Å². The number of hydrogen-bond acceptors (Lipinski definition) is 24.